The van der Waals surface area contributed by atoms with Gasteiger partial charge in [0.2, 0.25) is 0 Å². The van der Waals surface area contributed by atoms with Crippen LogP contribution in [-0.4, -0.2) is 29.4 Å². The Kier molecular flexibility index (Phi) is 28.7. The predicted molar refractivity (Wildman–Crippen MR) is 117 cm³/mol. The molecule has 0 saturated heterocycles. The van der Waals surface area contributed by atoms with Gasteiger partial charge in [-0.3, -0.25) is 4.98 Å². The van der Waals surface area contributed by atoms with Gasteiger partial charge in [-0.1, -0.05) is 97.9 Å². The molecule has 3 heteroatoms. The Morgan fingerprint density at radius 3 is 0.654 bits per heavy atom. The van der Waals surface area contributed by atoms with Gasteiger partial charge in [0.25, 0.3) is 0 Å². The second kappa shape index (κ2) is 23.3. The Morgan fingerprint density at radius 1 is 0.423 bits per heavy atom. The number of hydrogen-bond donors (Lipinski definition) is 2. The third-order valence-electron chi connectivity index (χ3n) is 1.23. The first-order valence-electron chi connectivity index (χ1n) is 8.74. The Hall–Kier alpha value is -1.71. The van der Waals surface area contributed by atoms with E-state index in [9.17, 15) is 0 Å². The summed E-state index contributed by atoms with van der Waals surface area (Å²) in [6.45, 7) is 17.5. The van der Waals surface area contributed by atoms with Crippen molar-refractivity contribution in [2.75, 3.05) is 14.2 Å². The zero-order valence-corrected chi connectivity index (χ0v) is 18.7. The molecule has 0 bridgehead atoms. The first-order chi connectivity index (χ1) is 12.0. The van der Waals surface area contributed by atoms with E-state index in [1.54, 1.807) is 12.4 Å². The van der Waals surface area contributed by atoms with Crippen molar-refractivity contribution in [2.45, 2.75) is 55.4 Å². The van der Waals surface area contributed by atoms with E-state index in [2.05, 4.69) is 60.4 Å². The van der Waals surface area contributed by atoms with E-state index in [1.807, 2.05) is 54.6 Å². The zero-order chi connectivity index (χ0) is 21.5. The average Bonchev–Trinajstić information content (AvgIpc) is 2.59. The van der Waals surface area contributed by atoms with Crippen LogP contribution in [0.25, 0.3) is 0 Å². The maximum absolute atomic E-state index is 7.00. The normalized spacial score (nSPS) is 8.77. The molecule has 3 nitrogen and oxygen atoms in total. The highest BCUT2D eigenvalue weighted by Gasteiger charge is 1.96. The van der Waals surface area contributed by atoms with Crippen LogP contribution in [0.5, 0.6) is 0 Å². The summed E-state index contributed by atoms with van der Waals surface area (Å²) in [6, 6.07) is 17.7. The molecule has 1 aromatic heterocycles. The van der Waals surface area contributed by atoms with Crippen LogP contribution in [0.4, 0.5) is 0 Å². The quantitative estimate of drug-likeness (QED) is 0.594. The molecule has 0 aliphatic rings. The van der Waals surface area contributed by atoms with E-state index in [-0.39, 0.29) is 0 Å². The summed E-state index contributed by atoms with van der Waals surface area (Å²) in [5.41, 5.74) is 1.00. The van der Waals surface area contributed by atoms with Gasteiger partial charge in [-0.25, -0.2) is 0 Å². The number of benzene rings is 1. The fraction of sp³-hybridized carbons (Fsp3) is 0.522. The number of rotatable bonds is 0. The molecule has 0 spiro atoms. The first kappa shape index (κ1) is 32.0. The Bertz CT molecular complexity index is 309. The Labute approximate surface area is 163 Å². The van der Waals surface area contributed by atoms with Crippen molar-refractivity contribution in [1.82, 2.24) is 4.98 Å². The summed E-state index contributed by atoms with van der Waals surface area (Å²) in [4.78, 5) is 3.78. The maximum atomic E-state index is 7.00. The Balaban J connectivity index is -0.000000117. The molecule has 0 saturated carbocycles. The van der Waals surface area contributed by atoms with Crippen molar-refractivity contribution >= 4 is 0 Å². The molecule has 0 fully saturated rings. The number of aliphatic hydroxyl groups is 2. The van der Waals surface area contributed by atoms with Crippen LogP contribution in [0, 0.1) is 10.8 Å². The summed E-state index contributed by atoms with van der Waals surface area (Å²) in [7, 11) is 2.00. The topological polar surface area (TPSA) is 53.4 Å². The lowest BCUT2D eigenvalue weighted by Crippen LogP contribution is -1.93. The maximum Gasteiger partial charge on any atom is 0.0319 e. The fourth-order valence-electron chi connectivity index (χ4n) is 0.698. The Morgan fingerprint density at radius 2 is 0.577 bits per heavy atom. The molecule has 152 valence electrons. The highest BCUT2D eigenvalue weighted by Crippen LogP contribution is 2.08. The predicted octanol–water partition coefficient (Wildman–Crippen LogP) is 6.09. The smallest absolute Gasteiger partial charge is 0.0319 e. The van der Waals surface area contributed by atoms with E-state index >= 15 is 0 Å². The third-order valence-corrected chi connectivity index (χ3v) is 1.23. The molecule has 26 heavy (non-hydrogen) atoms. The molecule has 0 aliphatic carbocycles. The molecule has 0 unspecified atom stereocenters. The van der Waals surface area contributed by atoms with Crippen molar-refractivity contribution < 1.29 is 10.2 Å². The highest BCUT2D eigenvalue weighted by molar-refractivity contribution is 4.99. The van der Waals surface area contributed by atoms with Crippen LogP contribution in [0.3, 0.4) is 0 Å². The average molecular weight is 366 g/mol. The van der Waals surface area contributed by atoms with Gasteiger partial charge >= 0.3 is 0 Å². The highest BCUT2D eigenvalue weighted by atomic mass is 16.2. The van der Waals surface area contributed by atoms with Crippen LogP contribution in [-0.2, 0) is 0 Å². The molecule has 1 aromatic carbocycles. The van der Waals surface area contributed by atoms with E-state index in [1.165, 1.54) is 0 Å². The third kappa shape index (κ3) is 95.4. The monoisotopic (exact) mass is 365 g/mol. The summed E-state index contributed by atoms with van der Waals surface area (Å²) < 4.78 is 0. The molecule has 0 radical (unpaired) electrons. The second-order valence-corrected chi connectivity index (χ2v) is 8.18. The summed E-state index contributed by atoms with van der Waals surface area (Å²) >= 11 is 0. The lowest BCUT2D eigenvalue weighted by atomic mass is 10.0. The molecule has 2 N–H and O–H groups in total. The van der Waals surface area contributed by atoms with Gasteiger partial charge in [-0.2, -0.15) is 0 Å². The first-order valence-corrected chi connectivity index (χ1v) is 8.74. The molecule has 0 atom stereocenters. The van der Waals surface area contributed by atoms with E-state index < -0.39 is 0 Å². The lowest BCUT2D eigenvalue weighted by Gasteiger charge is -2.05. The van der Waals surface area contributed by atoms with Gasteiger partial charge in [0.05, 0.1) is 0 Å². The van der Waals surface area contributed by atoms with Crippen LogP contribution >= 0.6 is 0 Å². The SMILES string of the molecule is CC(C)(C)C.CC(C)(C)C.CO.CO.c1ccccc1.c1ccncc1. The molecule has 2 aromatic rings. The molecule has 1 heterocycles. The molecule has 0 aliphatic heterocycles. The second-order valence-electron chi connectivity index (χ2n) is 8.18. The van der Waals surface area contributed by atoms with Crippen LogP contribution in [0.2, 0.25) is 0 Å². The van der Waals surface area contributed by atoms with Gasteiger partial charge in [-0.15, -0.1) is 0 Å². The largest absolute Gasteiger partial charge is 0.400 e. The standard InChI is InChI=1S/C6H6.C5H5N.2C5H12.2CH4O/c2*1-2-4-6-5-3-1;2*1-5(2,3)4;2*1-2/h1-6H;1-5H;2*1-4H3;2*2H,1H3. The van der Waals surface area contributed by atoms with Crippen LogP contribution in [0.1, 0.15) is 55.4 Å². The number of aliphatic hydroxyl groups excluding tert-OH is 2. The van der Waals surface area contributed by atoms with Crippen LogP contribution < -0.4 is 0 Å². The minimum atomic E-state index is 0.500. The van der Waals surface area contributed by atoms with Crippen molar-refractivity contribution in [2.24, 2.45) is 10.8 Å². The number of hydrogen-bond acceptors (Lipinski definition) is 3. The van der Waals surface area contributed by atoms with Gasteiger partial charge in [-0.05, 0) is 23.0 Å². The summed E-state index contributed by atoms with van der Waals surface area (Å²) in [5.74, 6) is 0. The summed E-state index contributed by atoms with van der Waals surface area (Å²) in [6.07, 6.45) is 3.50. The molecular weight excluding hydrogens is 322 g/mol. The van der Waals surface area contributed by atoms with Crippen molar-refractivity contribution in [3.05, 3.63) is 67.0 Å². The zero-order valence-electron chi connectivity index (χ0n) is 18.7. The van der Waals surface area contributed by atoms with Gasteiger partial charge in [0, 0.05) is 26.6 Å². The number of nitrogens with zero attached hydrogens (tertiary/aromatic N) is 1. The number of pyridine rings is 1. The summed E-state index contributed by atoms with van der Waals surface area (Å²) in [5, 5.41) is 14.0. The van der Waals surface area contributed by atoms with Crippen LogP contribution in [0.15, 0.2) is 67.0 Å². The van der Waals surface area contributed by atoms with E-state index in [0.717, 1.165) is 14.2 Å². The molecular formula is C23H43NO2. The van der Waals surface area contributed by atoms with Crippen molar-refractivity contribution in [3.63, 3.8) is 0 Å². The molecule has 2 rings (SSSR count). The van der Waals surface area contributed by atoms with E-state index in [0.29, 0.717) is 10.8 Å². The van der Waals surface area contributed by atoms with Gasteiger partial charge < -0.3 is 10.2 Å². The van der Waals surface area contributed by atoms with Gasteiger partial charge in [0.1, 0.15) is 0 Å². The van der Waals surface area contributed by atoms with Crippen molar-refractivity contribution in [1.29, 1.82) is 0 Å². The minimum Gasteiger partial charge on any atom is -0.400 e. The van der Waals surface area contributed by atoms with E-state index in [4.69, 9.17) is 10.2 Å². The minimum absolute atomic E-state index is 0.500. The van der Waals surface area contributed by atoms with Gasteiger partial charge in [0.15, 0.2) is 0 Å². The molecule has 0 amide bonds. The lowest BCUT2D eigenvalue weighted by molar-refractivity contribution is 0.399. The number of aromatic nitrogens is 1. The van der Waals surface area contributed by atoms with Crippen molar-refractivity contribution in [3.8, 4) is 0 Å². The fourth-order valence-corrected chi connectivity index (χ4v) is 0.698.